The molecule has 0 aliphatic rings. The molecule has 22 heavy (non-hydrogen) atoms. The Hall–Kier alpha value is -2.09. The maximum absolute atomic E-state index is 12.4. The Bertz CT molecular complexity index is 670. The minimum Gasteiger partial charge on any atom is -0.480 e. The van der Waals surface area contributed by atoms with Gasteiger partial charge < -0.3 is 10.0 Å². The fraction of sp³-hybridized carbons (Fsp3) is 0.429. The first-order chi connectivity index (χ1) is 10.1. The van der Waals surface area contributed by atoms with Crippen LogP contribution in [-0.2, 0) is 14.8 Å². The number of anilines is 1. The zero-order valence-electron chi connectivity index (χ0n) is 12.8. The summed E-state index contributed by atoms with van der Waals surface area (Å²) in [6, 6.07) is 4.59. The van der Waals surface area contributed by atoms with Crippen molar-refractivity contribution in [3.8, 4) is 0 Å². The third-order valence-electron chi connectivity index (χ3n) is 2.89. The van der Waals surface area contributed by atoms with Crippen LogP contribution in [0.25, 0.3) is 0 Å². The van der Waals surface area contributed by atoms with Crippen LogP contribution in [0.1, 0.15) is 29.3 Å². The van der Waals surface area contributed by atoms with Gasteiger partial charge in [-0.2, -0.15) is 0 Å². The topological polar surface area (TPSA) is 104 Å². The number of carbonyl (C=O) groups excluding carboxylic acids is 1. The number of hydrogen-bond donors (Lipinski definition) is 2. The van der Waals surface area contributed by atoms with Crippen LogP contribution in [0.3, 0.4) is 0 Å². The normalized spacial score (nSPS) is 11.0. The molecule has 1 aromatic carbocycles. The number of amides is 1. The number of rotatable bonds is 7. The Kier molecular flexibility index (Phi) is 5.92. The van der Waals surface area contributed by atoms with Crippen LogP contribution in [-0.4, -0.2) is 49.6 Å². The van der Waals surface area contributed by atoms with E-state index in [2.05, 4.69) is 4.72 Å². The molecule has 0 aromatic heterocycles. The number of aryl methyl sites for hydroxylation is 1. The van der Waals surface area contributed by atoms with Crippen molar-refractivity contribution in [2.45, 2.75) is 20.3 Å². The van der Waals surface area contributed by atoms with Gasteiger partial charge in [0.25, 0.3) is 5.91 Å². The van der Waals surface area contributed by atoms with E-state index in [1.807, 2.05) is 6.92 Å². The molecular formula is C14H20N2O5S. The van der Waals surface area contributed by atoms with E-state index in [0.29, 0.717) is 24.2 Å². The third kappa shape index (κ3) is 5.36. The number of carboxylic acid groups (broad SMARTS) is 1. The SMILES string of the molecule is CCCN(CC(=O)O)C(=O)c1ccc(C)c(NS(C)(=O)=O)c1. The summed E-state index contributed by atoms with van der Waals surface area (Å²) in [5.41, 5.74) is 1.22. The summed E-state index contributed by atoms with van der Waals surface area (Å²) < 4.78 is 25.0. The number of aliphatic carboxylic acids is 1. The number of hydrogen-bond acceptors (Lipinski definition) is 4. The van der Waals surface area contributed by atoms with Crippen LogP contribution in [0.4, 0.5) is 5.69 Å². The third-order valence-corrected chi connectivity index (χ3v) is 3.48. The number of nitrogens with zero attached hydrogens (tertiary/aromatic N) is 1. The van der Waals surface area contributed by atoms with Crippen molar-refractivity contribution in [2.24, 2.45) is 0 Å². The maximum Gasteiger partial charge on any atom is 0.323 e. The van der Waals surface area contributed by atoms with E-state index in [0.717, 1.165) is 6.26 Å². The molecule has 0 bridgehead atoms. The molecular weight excluding hydrogens is 308 g/mol. The molecule has 0 unspecified atom stereocenters. The average molecular weight is 328 g/mol. The monoisotopic (exact) mass is 328 g/mol. The number of benzene rings is 1. The van der Waals surface area contributed by atoms with Gasteiger partial charge in [-0.15, -0.1) is 0 Å². The standard InChI is InChI=1S/C14H20N2O5S/c1-4-7-16(9-13(17)18)14(19)11-6-5-10(2)12(8-11)15-22(3,20)21/h5-6,8,15H,4,7,9H2,1-3H3,(H,17,18). The molecule has 0 saturated heterocycles. The quantitative estimate of drug-likeness (QED) is 0.785. The predicted molar refractivity (Wildman–Crippen MR) is 83.5 cm³/mol. The lowest BCUT2D eigenvalue weighted by Gasteiger charge is -2.20. The molecule has 0 spiro atoms. The maximum atomic E-state index is 12.4. The molecule has 122 valence electrons. The summed E-state index contributed by atoms with van der Waals surface area (Å²) in [7, 11) is -3.46. The molecule has 0 saturated carbocycles. The van der Waals surface area contributed by atoms with Crippen molar-refractivity contribution < 1.29 is 23.1 Å². The minimum atomic E-state index is -3.46. The van der Waals surface area contributed by atoms with Gasteiger partial charge in [0.1, 0.15) is 6.54 Å². The molecule has 0 aliphatic heterocycles. The Morgan fingerprint density at radius 1 is 1.32 bits per heavy atom. The van der Waals surface area contributed by atoms with E-state index in [9.17, 15) is 18.0 Å². The minimum absolute atomic E-state index is 0.242. The molecule has 1 amide bonds. The smallest absolute Gasteiger partial charge is 0.323 e. The highest BCUT2D eigenvalue weighted by atomic mass is 32.2. The van der Waals surface area contributed by atoms with E-state index in [-0.39, 0.29) is 5.56 Å². The molecule has 2 N–H and O–H groups in total. The lowest BCUT2D eigenvalue weighted by Crippen LogP contribution is -2.36. The lowest BCUT2D eigenvalue weighted by atomic mass is 10.1. The van der Waals surface area contributed by atoms with Crippen molar-refractivity contribution in [1.82, 2.24) is 4.90 Å². The van der Waals surface area contributed by atoms with Crippen LogP contribution in [0, 0.1) is 6.92 Å². The van der Waals surface area contributed by atoms with Gasteiger partial charge in [-0.25, -0.2) is 8.42 Å². The van der Waals surface area contributed by atoms with Gasteiger partial charge in [0.05, 0.1) is 11.9 Å². The summed E-state index contributed by atoms with van der Waals surface area (Å²) >= 11 is 0. The van der Waals surface area contributed by atoms with Crippen molar-refractivity contribution in [1.29, 1.82) is 0 Å². The van der Waals surface area contributed by atoms with Crippen LogP contribution < -0.4 is 4.72 Å². The fourth-order valence-electron chi connectivity index (χ4n) is 1.93. The second-order valence-corrected chi connectivity index (χ2v) is 6.77. The highest BCUT2D eigenvalue weighted by Gasteiger charge is 2.19. The average Bonchev–Trinajstić information content (AvgIpc) is 2.38. The zero-order chi connectivity index (χ0) is 16.9. The van der Waals surface area contributed by atoms with E-state index >= 15 is 0 Å². The molecule has 0 radical (unpaired) electrons. The Balaban J connectivity index is 3.11. The van der Waals surface area contributed by atoms with Crippen LogP contribution in [0.15, 0.2) is 18.2 Å². The van der Waals surface area contributed by atoms with Crippen molar-refractivity contribution in [3.05, 3.63) is 29.3 Å². The fourth-order valence-corrected chi connectivity index (χ4v) is 2.55. The van der Waals surface area contributed by atoms with E-state index in [4.69, 9.17) is 5.11 Å². The molecule has 0 heterocycles. The predicted octanol–water partition coefficient (Wildman–Crippen LogP) is 1.30. The van der Waals surface area contributed by atoms with Crippen molar-refractivity contribution in [3.63, 3.8) is 0 Å². The van der Waals surface area contributed by atoms with Crippen molar-refractivity contribution >= 4 is 27.6 Å². The van der Waals surface area contributed by atoms with Crippen LogP contribution in [0.2, 0.25) is 0 Å². The highest BCUT2D eigenvalue weighted by molar-refractivity contribution is 7.92. The van der Waals surface area contributed by atoms with Crippen molar-refractivity contribution in [2.75, 3.05) is 24.1 Å². The van der Waals surface area contributed by atoms with E-state index in [1.165, 1.54) is 11.0 Å². The number of sulfonamides is 1. The first kappa shape index (κ1) is 18.0. The molecule has 0 atom stereocenters. The molecule has 1 aromatic rings. The van der Waals surface area contributed by atoms with Gasteiger partial charge in [0.2, 0.25) is 10.0 Å². The Morgan fingerprint density at radius 2 is 1.95 bits per heavy atom. The molecule has 7 nitrogen and oxygen atoms in total. The molecule has 1 rings (SSSR count). The van der Waals surface area contributed by atoms with E-state index < -0.39 is 28.4 Å². The van der Waals surface area contributed by atoms with E-state index in [1.54, 1.807) is 19.1 Å². The Labute approximate surface area is 130 Å². The van der Waals surface area contributed by atoms with Gasteiger partial charge in [0, 0.05) is 12.1 Å². The van der Waals surface area contributed by atoms with Gasteiger partial charge in [0.15, 0.2) is 0 Å². The van der Waals surface area contributed by atoms with Crippen LogP contribution >= 0.6 is 0 Å². The van der Waals surface area contributed by atoms with Gasteiger partial charge in [-0.1, -0.05) is 13.0 Å². The summed E-state index contributed by atoms with van der Waals surface area (Å²) in [6.45, 7) is 3.47. The summed E-state index contributed by atoms with van der Waals surface area (Å²) in [4.78, 5) is 24.4. The Morgan fingerprint density at radius 3 is 2.45 bits per heavy atom. The van der Waals surface area contributed by atoms with Gasteiger partial charge in [-0.05, 0) is 31.0 Å². The first-order valence-electron chi connectivity index (χ1n) is 6.73. The van der Waals surface area contributed by atoms with Gasteiger partial charge >= 0.3 is 5.97 Å². The lowest BCUT2D eigenvalue weighted by molar-refractivity contribution is -0.137. The zero-order valence-corrected chi connectivity index (χ0v) is 13.6. The highest BCUT2D eigenvalue weighted by Crippen LogP contribution is 2.19. The molecule has 0 fully saturated rings. The summed E-state index contributed by atoms with van der Waals surface area (Å²) in [6.07, 6.45) is 1.65. The van der Waals surface area contributed by atoms with Crippen LogP contribution in [0.5, 0.6) is 0 Å². The summed E-state index contributed by atoms with van der Waals surface area (Å²) in [5.74, 6) is -1.54. The van der Waals surface area contributed by atoms with Gasteiger partial charge in [-0.3, -0.25) is 14.3 Å². The largest absolute Gasteiger partial charge is 0.480 e. The second kappa shape index (κ2) is 7.26. The second-order valence-electron chi connectivity index (χ2n) is 5.02. The molecule has 0 aliphatic carbocycles. The summed E-state index contributed by atoms with van der Waals surface area (Å²) in [5, 5.41) is 8.87. The molecule has 8 heteroatoms. The number of nitrogens with one attached hydrogen (secondary N) is 1. The number of carboxylic acids is 1. The first-order valence-corrected chi connectivity index (χ1v) is 8.62. The number of carbonyl (C=O) groups is 2.